The molecule has 1 unspecified atom stereocenters. The van der Waals surface area contributed by atoms with Gasteiger partial charge in [0.25, 0.3) is 5.91 Å². The maximum atomic E-state index is 12.9. The van der Waals surface area contributed by atoms with E-state index in [9.17, 15) is 13.8 Å². The fourth-order valence-corrected chi connectivity index (χ4v) is 4.62. The molecule has 0 radical (unpaired) electrons. The quantitative estimate of drug-likeness (QED) is 0.735. The topological polar surface area (TPSA) is 75.2 Å². The zero-order valence-corrected chi connectivity index (χ0v) is 16.6. The van der Waals surface area contributed by atoms with E-state index in [0.29, 0.717) is 24.4 Å². The highest BCUT2D eigenvalue weighted by Crippen LogP contribution is 2.25. The number of carbonyl (C=O) groups is 1. The van der Waals surface area contributed by atoms with Crippen molar-refractivity contribution in [2.45, 2.75) is 24.6 Å². The number of carbonyl (C=O) groups excluding carboxylic acids is 1. The number of hydrogen-bond donors (Lipinski definition) is 1. The van der Waals surface area contributed by atoms with E-state index in [2.05, 4.69) is 4.98 Å². The van der Waals surface area contributed by atoms with Crippen LogP contribution in [0.25, 0.3) is 11.0 Å². The number of nitrogens with one attached hydrogen (secondary N) is 1. The van der Waals surface area contributed by atoms with Crippen molar-refractivity contribution in [1.82, 2.24) is 14.5 Å². The van der Waals surface area contributed by atoms with Crippen molar-refractivity contribution in [3.8, 4) is 0 Å². The predicted octanol–water partition coefficient (Wildman–Crippen LogP) is 2.69. The average Bonchev–Trinajstić information content (AvgIpc) is 3.03. The van der Waals surface area contributed by atoms with Gasteiger partial charge in [0, 0.05) is 47.5 Å². The molecule has 146 valence electrons. The van der Waals surface area contributed by atoms with Crippen molar-refractivity contribution in [1.29, 1.82) is 0 Å². The molecule has 1 aliphatic heterocycles. The summed E-state index contributed by atoms with van der Waals surface area (Å²) in [5.41, 5.74) is 3.21. The number of hydrogen-bond acceptors (Lipinski definition) is 3. The van der Waals surface area contributed by atoms with Gasteiger partial charge < -0.3 is 9.88 Å². The van der Waals surface area contributed by atoms with Crippen LogP contribution in [-0.2, 0) is 16.6 Å². The van der Waals surface area contributed by atoms with Crippen LogP contribution < -0.4 is 5.69 Å². The summed E-state index contributed by atoms with van der Waals surface area (Å²) in [4.78, 5) is 30.0. The van der Waals surface area contributed by atoms with E-state index in [4.69, 9.17) is 0 Å². The maximum absolute atomic E-state index is 12.9. The monoisotopic (exact) mass is 397 g/mol. The molecule has 2 heterocycles. The van der Waals surface area contributed by atoms with Crippen LogP contribution in [0, 0.1) is 0 Å². The first-order chi connectivity index (χ1) is 13.5. The van der Waals surface area contributed by atoms with Crippen molar-refractivity contribution in [2.24, 2.45) is 0 Å². The number of likely N-dealkylation sites (tertiary alicyclic amines) is 1. The molecule has 0 aliphatic carbocycles. The predicted molar refractivity (Wildman–Crippen MR) is 111 cm³/mol. The second-order valence-corrected chi connectivity index (χ2v) is 8.69. The Hall–Kier alpha value is -2.67. The number of benzene rings is 2. The van der Waals surface area contributed by atoms with Crippen LogP contribution in [0.4, 0.5) is 0 Å². The van der Waals surface area contributed by atoms with Gasteiger partial charge >= 0.3 is 5.69 Å². The summed E-state index contributed by atoms with van der Waals surface area (Å²) >= 11 is 0. The Bertz CT molecular complexity index is 1090. The van der Waals surface area contributed by atoms with Crippen LogP contribution in [-0.4, -0.2) is 43.9 Å². The average molecular weight is 398 g/mol. The number of nitrogens with zero attached hydrogens (tertiary/aromatic N) is 2. The number of rotatable bonds is 4. The van der Waals surface area contributed by atoms with E-state index in [0.717, 1.165) is 29.4 Å². The third kappa shape index (κ3) is 3.67. The summed E-state index contributed by atoms with van der Waals surface area (Å²) in [6, 6.07) is 15.2. The highest BCUT2D eigenvalue weighted by atomic mass is 32.2. The highest BCUT2D eigenvalue weighted by molar-refractivity contribution is 7.83. The molecule has 1 saturated heterocycles. The van der Waals surface area contributed by atoms with Gasteiger partial charge in [0.05, 0.1) is 11.0 Å². The van der Waals surface area contributed by atoms with Gasteiger partial charge in [-0.1, -0.05) is 24.3 Å². The van der Waals surface area contributed by atoms with Gasteiger partial charge in [-0.05, 0) is 42.7 Å². The largest absolute Gasteiger partial charge is 0.338 e. The van der Waals surface area contributed by atoms with Crippen molar-refractivity contribution >= 4 is 27.7 Å². The van der Waals surface area contributed by atoms with Crippen molar-refractivity contribution in [3.05, 3.63) is 70.1 Å². The van der Waals surface area contributed by atoms with E-state index in [1.54, 1.807) is 12.3 Å². The molecule has 0 saturated carbocycles. The van der Waals surface area contributed by atoms with Crippen LogP contribution in [0.1, 0.15) is 34.8 Å². The minimum atomic E-state index is -0.939. The van der Waals surface area contributed by atoms with Gasteiger partial charge in [0.2, 0.25) is 0 Å². The number of imidazole rings is 1. The summed E-state index contributed by atoms with van der Waals surface area (Å²) in [5.74, 6) is 0.445. The van der Waals surface area contributed by atoms with Crippen molar-refractivity contribution in [2.75, 3.05) is 19.3 Å². The molecule has 1 amide bonds. The SMILES string of the molecule is CS(=O)Cc1cccc(C(=O)N2CCC(n3c(=O)[nH]c4ccccc43)CC2)c1. The molecule has 28 heavy (non-hydrogen) atoms. The number of amides is 1. The zero-order chi connectivity index (χ0) is 19.7. The Kier molecular flexibility index (Phi) is 5.17. The lowest BCUT2D eigenvalue weighted by atomic mass is 10.0. The van der Waals surface area contributed by atoms with Crippen LogP contribution in [0.15, 0.2) is 53.3 Å². The van der Waals surface area contributed by atoms with E-state index >= 15 is 0 Å². The minimum Gasteiger partial charge on any atom is -0.338 e. The number of H-pyrrole nitrogens is 1. The Labute approximate surface area is 165 Å². The zero-order valence-electron chi connectivity index (χ0n) is 15.8. The summed E-state index contributed by atoms with van der Waals surface area (Å²) < 4.78 is 13.3. The molecule has 4 rings (SSSR count). The smallest absolute Gasteiger partial charge is 0.326 e. The lowest BCUT2D eigenvalue weighted by molar-refractivity contribution is 0.0695. The summed E-state index contributed by atoms with van der Waals surface area (Å²) in [6.07, 6.45) is 3.14. The van der Waals surface area contributed by atoms with Gasteiger partial charge in [0.15, 0.2) is 0 Å². The Morgan fingerprint density at radius 3 is 2.64 bits per heavy atom. The van der Waals surface area contributed by atoms with Gasteiger partial charge in [-0.25, -0.2) is 4.79 Å². The molecule has 6 nitrogen and oxygen atoms in total. The standard InChI is InChI=1S/C21H23N3O3S/c1-28(27)14-15-5-4-6-16(13-15)20(25)23-11-9-17(10-12-23)24-19-8-3-2-7-18(19)22-21(24)26/h2-8,13,17H,9-12,14H2,1H3,(H,22,26). The second-order valence-electron chi connectivity index (χ2n) is 7.26. The molecule has 1 atom stereocenters. The normalized spacial score (nSPS) is 16.4. The van der Waals surface area contributed by atoms with E-state index in [-0.39, 0.29) is 17.6 Å². The third-order valence-corrected chi connectivity index (χ3v) is 6.02. The number of aromatic amines is 1. The first-order valence-corrected chi connectivity index (χ1v) is 11.1. The maximum Gasteiger partial charge on any atom is 0.326 e. The molecular weight excluding hydrogens is 374 g/mol. The van der Waals surface area contributed by atoms with Gasteiger partial charge in [0.1, 0.15) is 0 Å². The molecule has 3 aromatic rings. The molecule has 0 spiro atoms. The van der Waals surface area contributed by atoms with E-state index in [1.165, 1.54) is 0 Å². The van der Waals surface area contributed by atoms with Crippen LogP contribution in [0.2, 0.25) is 0 Å². The van der Waals surface area contributed by atoms with Crippen LogP contribution in [0.3, 0.4) is 0 Å². The third-order valence-electron chi connectivity index (χ3n) is 5.28. The fourth-order valence-electron chi connectivity index (χ4n) is 3.98. The van der Waals surface area contributed by atoms with Crippen molar-refractivity contribution in [3.63, 3.8) is 0 Å². The molecule has 0 bridgehead atoms. The molecule has 1 fully saturated rings. The molecule has 7 heteroatoms. The van der Waals surface area contributed by atoms with Gasteiger partial charge in [-0.15, -0.1) is 0 Å². The molecular formula is C21H23N3O3S. The molecule has 1 aliphatic rings. The number of para-hydroxylation sites is 2. The Balaban J connectivity index is 1.48. The van der Waals surface area contributed by atoms with Crippen LogP contribution in [0.5, 0.6) is 0 Å². The number of piperidine rings is 1. The highest BCUT2D eigenvalue weighted by Gasteiger charge is 2.26. The van der Waals surface area contributed by atoms with Crippen molar-refractivity contribution < 1.29 is 9.00 Å². The first-order valence-electron chi connectivity index (χ1n) is 9.40. The summed E-state index contributed by atoms with van der Waals surface area (Å²) in [7, 11) is -0.939. The van der Waals surface area contributed by atoms with Crippen LogP contribution >= 0.6 is 0 Å². The number of aromatic nitrogens is 2. The molecule has 1 aromatic heterocycles. The Morgan fingerprint density at radius 2 is 1.89 bits per heavy atom. The van der Waals surface area contributed by atoms with E-state index < -0.39 is 10.8 Å². The summed E-state index contributed by atoms with van der Waals surface area (Å²) in [5, 5.41) is 0. The number of fused-ring (bicyclic) bond motifs is 1. The van der Waals surface area contributed by atoms with E-state index in [1.807, 2.05) is 51.9 Å². The lowest BCUT2D eigenvalue weighted by Gasteiger charge is -2.32. The Morgan fingerprint density at radius 1 is 1.14 bits per heavy atom. The molecule has 1 N–H and O–H groups in total. The summed E-state index contributed by atoms with van der Waals surface area (Å²) in [6.45, 7) is 1.22. The minimum absolute atomic E-state index is 0.00606. The second kappa shape index (κ2) is 7.75. The van der Waals surface area contributed by atoms with Gasteiger partial charge in [-0.3, -0.25) is 13.6 Å². The van der Waals surface area contributed by atoms with Gasteiger partial charge in [-0.2, -0.15) is 0 Å². The molecule has 2 aromatic carbocycles. The first kappa shape index (κ1) is 18.7. The lowest BCUT2D eigenvalue weighted by Crippen LogP contribution is -2.40. The fraction of sp³-hybridized carbons (Fsp3) is 0.333.